The number of hydrogen-bond donors (Lipinski definition) is 1. The van der Waals surface area contributed by atoms with E-state index in [0.29, 0.717) is 11.3 Å². The highest BCUT2D eigenvalue weighted by Gasteiger charge is 2.51. The van der Waals surface area contributed by atoms with Gasteiger partial charge in [0.15, 0.2) is 5.82 Å². The number of carbonyl (C=O) groups is 1. The minimum absolute atomic E-state index is 0.0854. The van der Waals surface area contributed by atoms with Crippen molar-refractivity contribution in [2.45, 2.75) is 55.6 Å². The van der Waals surface area contributed by atoms with Crippen molar-refractivity contribution in [3.63, 3.8) is 0 Å². The molecule has 1 unspecified atom stereocenters. The van der Waals surface area contributed by atoms with Crippen molar-refractivity contribution >= 4 is 34.4 Å². The topological polar surface area (TPSA) is 55.5 Å². The van der Waals surface area contributed by atoms with Crippen LogP contribution in [0, 0.1) is 5.82 Å². The number of aromatic nitrogens is 2. The highest BCUT2D eigenvalue weighted by molar-refractivity contribution is 8.02. The number of rotatable bonds is 6. The third kappa shape index (κ3) is 4.04. The Morgan fingerprint density at radius 3 is 2.68 bits per heavy atom. The molecule has 0 bridgehead atoms. The van der Waals surface area contributed by atoms with Crippen LogP contribution >= 0.6 is 11.8 Å². The maximum Gasteiger partial charge on any atom is 0.239 e. The second-order valence-corrected chi connectivity index (χ2v) is 10.9. The fraction of sp³-hybridized carbons (Fsp3) is 0.652. The number of fused-ring (bicyclic) bond motifs is 1. The number of hydrogen-bond acceptors (Lipinski definition) is 5. The summed E-state index contributed by atoms with van der Waals surface area (Å²) in [4.78, 5) is 19.9. The molecule has 5 rings (SSSR count). The second-order valence-electron chi connectivity index (χ2n) is 9.19. The summed E-state index contributed by atoms with van der Waals surface area (Å²) in [6, 6.07) is 4.81. The van der Waals surface area contributed by atoms with Crippen LogP contribution < -0.4 is 4.90 Å². The van der Waals surface area contributed by atoms with Gasteiger partial charge >= 0.3 is 0 Å². The molecule has 1 spiro atoms. The van der Waals surface area contributed by atoms with Gasteiger partial charge in [0.1, 0.15) is 5.82 Å². The van der Waals surface area contributed by atoms with Crippen molar-refractivity contribution in [3.8, 4) is 0 Å². The molecule has 1 aromatic heterocycles. The average molecular weight is 446 g/mol. The van der Waals surface area contributed by atoms with Crippen molar-refractivity contribution in [2.24, 2.45) is 0 Å². The fourth-order valence-corrected chi connectivity index (χ4v) is 7.17. The summed E-state index contributed by atoms with van der Waals surface area (Å²) in [6.45, 7) is 8.04. The Hall–Kier alpha value is -1.80. The SMILES string of the molecule is CC1SC2(CCCC2)C(=O)N1CCCCN1CCN(c2n[nH]c3cc(F)ccc23)CC1. The summed E-state index contributed by atoms with van der Waals surface area (Å²) in [5.41, 5.74) is 0.751. The number of benzene rings is 1. The third-order valence-electron chi connectivity index (χ3n) is 7.20. The number of nitrogens with zero attached hydrogens (tertiary/aromatic N) is 4. The van der Waals surface area contributed by atoms with Crippen LogP contribution in [0.15, 0.2) is 18.2 Å². The van der Waals surface area contributed by atoms with E-state index < -0.39 is 0 Å². The zero-order chi connectivity index (χ0) is 21.4. The molecule has 1 saturated carbocycles. The molecule has 2 aliphatic heterocycles. The molecule has 1 N–H and O–H groups in total. The van der Waals surface area contributed by atoms with E-state index in [0.717, 1.165) is 81.7 Å². The molecule has 1 aromatic carbocycles. The van der Waals surface area contributed by atoms with Gasteiger partial charge < -0.3 is 9.80 Å². The summed E-state index contributed by atoms with van der Waals surface area (Å²) < 4.78 is 13.3. The lowest BCUT2D eigenvalue weighted by atomic mass is 10.1. The maximum atomic E-state index is 13.4. The van der Waals surface area contributed by atoms with Crippen LogP contribution in [-0.2, 0) is 4.79 Å². The van der Waals surface area contributed by atoms with E-state index >= 15 is 0 Å². The van der Waals surface area contributed by atoms with Crippen LogP contribution in [0.1, 0.15) is 45.4 Å². The summed E-state index contributed by atoms with van der Waals surface area (Å²) in [7, 11) is 0. The fourth-order valence-electron chi connectivity index (χ4n) is 5.45. The average Bonchev–Trinajstić information content (AvgIpc) is 3.46. The van der Waals surface area contributed by atoms with E-state index in [4.69, 9.17) is 0 Å². The number of halogens is 1. The predicted molar refractivity (Wildman–Crippen MR) is 124 cm³/mol. The Morgan fingerprint density at radius 2 is 1.90 bits per heavy atom. The predicted octanol–water partition coefficient (Wildman–Crippen LogP) is 3.84. The summed E-state index contributed by atoms with van der Waals surface area (Å²) in [5.74, 6) is 1.09. The molecular formula is C23H32FN5OS. The molecule has 168 valence electrons. The molecule has 31 heavy (non-hydrogen) atoms. The summed E-state index contributed by atoms with van der Waals surface area (Å²) in [6.07, 6.45) is 6.75. The van der Waals surface area contributed by atoms with E-state index in [1.165, 1.54) is 25.0 Å². The summed E-state index contributed by atoms with van der Waals surface area (Å²) >= 11 is 1.91. The first-order valence-corrected chi connectivity index (χ1v) is 12.5. The summed E-state index contributed by atoms with van der Waals surface area (Å²) in [5, 5.41) is 8.69. The van der Waals surface area contributed by atoms with Gasteiger partial charge in [-0.2, -0.15) is 5.10 Å². The van der Waals surface area contributed by atoms with Gasteiger partial charge in [-0.25, -0.2) is 4.39 Å². The molecular weight excluding hydrogens is 413 g/mol. The smallest absolute Gasteiger partial charge is 0.239 e. The highest BCUT2D eigenvalue weighted by Crippen LogP contribution is 2.50. The van der Waals surface area contributed by atoms with E-state index in [9.17, 15) is 9.18 Å². The monoisotopic (exact) mass is 445 g/mol. The number of thioether (sulfide) groups is 1. The highest BCUT2D eigenvalue weighted by atomic mass is 32.2. The molecule has 2 saturated heterocycles. The molecule has 3 fully saturated rings. The number of anilines is 1. The van der Waals surface area contributed by atoms with E-state index in [1.807, 2.05) is 17.8 Å². The van der Waals surface area contributed by atoms with Crippen LogP contribution in [0.5, 0.6) is 0 Å². The number of piperazine rings is 1. The van der Waals surface area contributed by atoms with Gasteiger partial charge in [-0.05, 0) is 57.4 Å². The number of unbranched alkanes of at least 4 members (excludes halogenated alkanes) is 1. The minimum Gasteiger partial charge on any atom is -0.352 e. The number of nitrogens with one attached hydrogen (secondary N) is 1. The van der Waals surface area contributed by atoms with Crippen molar-refractivity contribution in [3.05, 3.63) is 24.0 Å². The Balaban J connectivity index is 1.07. The lowest BCUT2D eigenvalue weighted by Crippen LogP contribution is -2.47. The number of carbonyl (C=O) groups excluding carboxylic acids is 1. The molecule has 1 amide bonds. The van der Waals surface area contributed by atoms with E-state index in [-0.39, 0.29) is 10.6 Å². The van der Waals surface area contributed by atoms with Gasteiger partial charge in [0.25, 0.3) is 0 Å². The van der Waals surface area contributed by atoms with E-state index in [2.05, 4.69) is 31.8 Å². The second kappa shape index (κ2) is 8.62. The Labute approximate surface area is 187 Å². The van der Waals surface area contributed by atoms with Crippen LogP contribution in [0.4, 0.5) is 10.2 Å². The van der Waals surface area contributed by atoms with Crippen LogP contribution in [0.3, 0.4) is 0 Å². The minimum atomic E-state index is -0.241. The van der Waals surface area contributed by atoms with Crippen molar-refractivity contribution in [1.29, 1.82) is 0 Å². The Morgan fingerprint density at radius 1 is 1.16 bits per heavy atom. The molecule has 8 heteroatoms. The van der Waals surface area contributed by atoms with Gasteiger partial charge in [0, 0.05) is 38.1 Å². The van der Waals surface area contributed by atoms with Crippen molar-refractivity contribution < 1.29 is 9.18 Å². The third-order valence-corrected chi connectivity index (χ3v) is 8.83. The quantitative estimate of drug-likeness (QED) is 0.685. The lowest BCUT2D eigenvalue weighted by molar-refractivity contribution is -0.132. The van der Waals surface area contributed by atoms with Gasteiger partial charge in [-0.3, -0.25) is 14.8 Å². The zero-order valence-corrected chi connectivity index (χ0v) is 19.1. The molecule has 0 radical (unpaired) electrons. The molecule has 3 aliphatic rings. The van der Waals surface area contributed by atoms with Crippen LogP contribution in [0.2, 0.25) is 0 Å². The van der Waals surface area contributed by atoms with Gasteiger partial charge in [0.05, 0.1) is 15.6 Å². The number of H-pyrrole nitrogens is 1. The van der Waals surface area contributed by atoms with Crippen molar-refractivity contribution in [2.75, 3.05) is 44.2 Å². The Bertz CT molecular complexity index is 935. The molecule has 3 heterocycles. The molecule has 2 aromatic rings. The zero-order valence-electron chi connectivity index (χ0n) is 18.3. The number of aromatic amines is 1. The van der Waals surface area contributed by atoms with Crippen LogP contribution in [-0.4, -0.2) is 75.3 Å². The molecule has 1 aliphatic carbocycles. The van der Waals surface area contributed by atoms with Crippen LogP contribution in [0.25, 0.3) is 10.9 Å². The first-order chi connectivity index (χ1) is 15.1. The normalized spacial score (nSPS) is 24.2. The maximum absolute atomic E-state index is 13.4. The van der Waals surface area contributed by atoms with E-state index in [1.54, 1.807) is 0 Å². The largest absolute Gasteiger partial charge is 0.352 e. The standard InChI is InChI=1S/C23H32FN5OS/c1-17-29(22(30)23(31-17)8-2-3-9-23)11-5-4-10-27-12-14-28(15-13-27)21-19-7-6-18(24)16-20(19)25-26-21/h6-7,16-17H,2-5,8-15H2,1H3,(H,25,26). The van der Waals surface area contributed by atoms with Gasteiger partial charge in [0.2, 0.25) is 5.91 Å². The van der Waals surface area contributed by atoms with Crippen molar-refractivity contribution in [1.82, 2.24) is 20.0 Å². The molecule has 1 atom stereocenters. The Kier molecular flexibility index (Phi) is 5.86. The number of amides is 1. The van der Waals surface area contributed by atoms with Gasteiger partial charge in [-0.1, -0.05) is 12.8 Å². The first kappa shape index (κ1) is 21.1. The molecule has 6 nitrogen and oxygen atoms in total. The first-order valence-electron chi connectivity index (χ1n) is 11.7. The lowest BCUT2D eigenvalue weighted by Gasteiger charge is -2.35. The van der Waals surface area contributed by atoms with Gasteiger partial charge in [-0.15, -0.1) is 11.8 Å².